The smallest absolute Gasteiger partial charge is 0.211 e. The van der Waals surface area contributed by atoms with E-state index < -0.39 is 0 Å². The van der Waals surface area contributed by atoms with Crippen molar-refractivity contribution in [2.24, 2.45) is 0 Å². The summed E-state index contributed by atoms with van der Waals surface area (Å²) in [7, 11) is 0. The fourth-order valence-electron chi connectivity index (χ4n) is 3.04. The molecule has 0 aliphatic rings. The number of benzene rings is 1. The maximum Gasteiger partial charge on any atom is 0.211 e. The van der Waals surface area contributed by atoms with Gasteiger partial charge in [0.1, 0.15) is 5.52 Å². The van der Waals surface area contributed by atoms with Crippen LogP contribution in [0.5, 0.6) is 0 Å². The van der Waals surface area contributed by atoms with Crippen molar-refractivity contribution in [3.8, 4) is 0 Å². The van der Waals surface area contributed by atoms with Gasteiger partial charge < -0.3 is 4.57 Å². The lowest BCUT2D eigenvalue weighted by Crippen LogP contribution is -2.05. The molecule has 0 saturated carbocycles. The summed E-state index contributed by atoms with van der Waals surface area (Å²) in [4.78, 5) is 4.78. The highest BCUT2D eigenvalue weighted by atomic mass is 32.2. The van der Waals surface area contributed by atoms with Crippen LogP contribution in [0, 0.1) is 0 Å². The summed E-state index contributed by atoms with van der Waals surface area (Å²) in [5, 5.41) is 22.4. The Morgan fingerprint density at radius 1 is 1.00 bits per heavy atom. The minimum atomic E-state index is 0.619. The molecule has 0 N–H and O–H groups in total. The summed E-state index contributed by atoms with van der Waals surface area (Å²) in [6, 6.07) is 8.26. The normalized spacial score (nSPS) is 11.6. The van der Waals surface area contributed by atoms with Crippen molar-refractivity contribution in [1.29, 1.82) is 0 Å². The van der Waals surface area contributed by atoms with E-state index in [-0.39, 0.29) is 0 Å². The molecular weight excluding hydrogens is 348 g/mol. The SMILES string of the molecule is CCCn1nnnc1CSc1nnc2c3ccccc3n(CCC)c2n1. The predicted octanol–water partition coefficient (Wildman–Crippen LogP) is 3.08. The minimum Gasteiger partial charge on any atom is -0.324 e. The molecule has 3 aromatic heterocycles. The van der Waals surface area contributed by atoms with Gasteiger partial charge in [0.05, 0.1) is 11.3 Å². The van der Waals surface area contributed by atoms with Crippen molar-refractivity contribution in [1.82, 2.24) is 40.0 Å². The molecule has 0 saturated heterocycles. The molecule has 0 bridgehead atoms. The molecule has 0 unspecified atom stereocenters. The molecule has 4 rings (SSSR count). The molecule has 0 radical (unpaired) electrons. The van der Waals surface area contributed by atoms with E-state index in [2.05, 4.69) is 56.3 Å². The van der Waals surface area contributed by atoms with Crippen LogP contribution in [0.15, 0.2) is 29.4 Å². The standard InChI is InChI=1S/C17H20N8S/c1-3-9-24-13-8-6-5-7-12(13)15-16(24)18-17(21-20-15)26-11-14-19-22-23-25(14)10-4-2/h5-8H,3-4,9-11H2,1-2H3. The lowest BCUT2D eigenvalue weighted by molar-refractivity contribution is 0.564. The van der Waals surface area contributed by atoms with E-state index in [1.807, 2.05) is 16.8 Å². The zero-order valence-corrected chi connectivity index (χ0v) is 15.6. The van der Waals surface area contributed by atoms with Crippen LogP contribution in [-0.4, -0.2) is 40.0 Å². The maximum absolute atomic E-state index is 4.78. The molecule has 0 atom stereocenters. The monoisotopic (exact) mass is 368 g/mol. The fraction of sp³-hybridized carbons (Fsp3) is 0.412. The first-order valence-corrected chi connectivity index (χ1v) is 9.79. The molecular formula is C17H20N8S. The van der Waals surface area contributed by atoms with E-state index in [1.165, 1.54) is 11.8 Å². The summed E-state index contributed by atoms with van der Waals surface area (Å²) in [6.07, 6.45) is 2.02. The molecule has 4 aromatic rings. The predicted molar refractivity (Wildman–Crippen MR) is 101 cm³/mol. The number of aromatic nitrogens is 8. The fourth-order valence-corrected chi connectivity index (χ4v) is 3.76. The average Bonchev–Trinajstić information content (AvgIpc) is 3.24. The van der Waals surface area contributed by atoms with Crippen molar-refractivity contribution >= 4 is 33.8 Å². The Kier molecular flexibility index (Phi) is 4.79. The van der Waals surface area contributed by atoms with Crippen LogP contribution in [0.3, 0.4) is 0 Å². The largest absolute Gasteiger partial charge is 0.324 e. The Morgan fingerprint density at radius 2 is 1.85 bits per heavy atom. The lowest BCUT2D eigenvalue weighted by Gasteiger charge is -2.05. The number of tetrazole rings is 1. The highest BCUT2D eigenvalue weighted by Gasteiger charge is 2.15. The number of rotatable bonds is 7. The van der Waals surface area contributed by atoms with Gasteiger partial charge in [0.25, 0.3) is 0 Å². The molecule has 8 nitrogen and oxygen atoms in total. The van der Waals surface area contributed by atoms with Crippen molar-refractivity contribution in [2.45, 2.75) is 50.7 Å². The van der Waals surface area contributed by atoms with E-state index in [0.717, 1.165) is 53.8 Å². The summed E-state index contributed by atoms with van der Waals surface area (Å²) in [6.45, 7) is 5.98. The van der Waals surface area contributed by atoms with Crippen LogP contribution < -0.4 is 0 Å². The van der Waals surface area contributed by atoms with Crippen LogP contribution in [0.25, 0.3) is 22.1 Å². The number of para-hydroxylation sites is 1. The third-order valence-corrected chi connectivity index (χ3v) is 5.01. The van der Waals surface area contributed by atoms with Crippen molar-refractivity contribution in [3.05, 3.63) is 30.1 Å². The first-order chi connectivity index (χ1) is 12.8. The van der Waals surface area contributed by atoms with Gasteiger partial charge in [-0.05, 0) is 29.3 Å². The topological polar surface area (TPSA) is 87.2 Å². The highest BCUT2D eigenvalue weighted by Crippen LogP contribution is 2.27. The van der Waals surface area contributed by atoms with Crippen LogP contribution in [0.2, 0.25) is 0 Å². The third-order valence-electron chi connectivity index (χ3n) is 4.17. The molecule has 134 valence electrons. The number of aryl methyl sites for hydroxylation is 2. The number of hydrogen-bond acceptors (Lipinski definition) is 7. The number of fused-ring (bicyclic) bond motifs is 3. The lowest BCUT2D eigenvalue weighted by atomic mass is 10.2. The molecule has 0 spiro atoms. The Bertz CT molecular complexity index is 1040. The average molecular weight is 368 g/mol. The molecule has 9 heteroatoms. The second-order valence-electron chi connectivity index (χ2n) is 6.04. The zero-order chi connectivity index (χ0) is 17.9. The van der Waals surface area contributed by atoms with Gasteiger partial charge in [-0.25, -0.2) is 9.67 Å². The number of hydrogen-bond donors (Lipinski definition) is 0. The van der Waals surface area contributed by atoms with Crippen LogP contribution in [0.1, 0.15) is 32.5 Å². The van der Waals surface area contributed by atoms with Gasteiger partial charge >= 0.3 is 0 Å². The quantitative estimate of drug-likeness (QED) is 0.463. The molecule has 0 fully saturated rings. The molecule has 0 aliphatic carbocycles. The van der Waals surface area contributed by atoms with Crippen LogP contribution in [0.4, 0.5) is 0 Å². The summed E-state index contributed by atoms with van der Waals surface area (Å²) >= 11 is 1.51. The van der Waals surface area contributed by atoms with Crippen LogP contribution >= 0.6 is 11.8 Å². The first-order valence-electron chi connectivity index (χ1n) is 8.81. The number of thioether (sulfide) groups is 1. The van der Waals surface area contributed by atoms with E-state index in [4.69, 9.17) is 4.98 Å². The molecule has 3 heterocycles. The first kappa shape index (κ1) is 16.9. The van der Waals surface area contributed by atoms with Gasteiger partial charge in [-0.1, -0.05) is 43.8 Å². The molecule has 0 amide bonds. The van der Waals surface area contributed by atoms with Gasteiger partial charge in [-0.15, -0.1) is 15.3 Å². The Labute approximate surface area is 155 Å². The second kappa shape index (κ2) is 7.36. The van der Waals surface area contributed by atoms with E-state index in [9.17, 15) is 0 Å². The molecule has 0 aliphatic heterocycles. The van der Waals surface area contributed by atoms with Gasteiger partial charge in [0, 0.05) is 18.5 Å². The van der Waals surface area contributed by atoms with Crippen LogP contribution in [-0.2, 0) is 18.8 Å². The summed E-state index contributed by atoms with van der Waals surface area (Å²) in [5.41, 5.74) is 2.90. The van der Waals surface area contributed by atoms with Crippen molar-refractivity contribution < 1.29 is 0 Å². The zero-order valence-electron chi connectivity index (χ0n) is 14.8. The highest BCUT2D eigenvalue weighted by molar-refractivity contribution is 7.98. The molecule has 1 aromatic carbocycles. The van der Waals surface area contributed by atoms with Crippen molar-refractivity contribution in [2.75, 3.05) is 0 Å². The van der Waals surface area contributed by atoms with Gasteiger partial charge in [0.2, 0.25) is 5.16 Å². The van der Waals surface area contributed by atoms with E-state index in [1.54, 1.807) is 0 Å². The molecule has 26 heavy (non-hydrogen) atoms. The summed E-state index contributed by atoms with van der Waals surface area (Å²) in [5.74, 6) is 1.45. The maximum atomic E-state index is 4.78. The number of nitrogens with zero attached hydrogens (tertiary/aromatic N) is 8. The van der Waals surface area contributed by atoms with E-state index >= 15 is 0 Å². The third kappa shape index (κ3) is 3.03. The van der Waals surface area contributed by atoms with Gasteiger partial charge in [-0.2, -0.15) is 0 Å². The second-order valence-corrected chi connectivity index (χ2v) is 6.98. The van der Waals surface area contributed by atoms with E-state index in [0.29, 0.717) is 10.9 Å². The van der Waals surface area contributed by atoms with Gasteiger partial charge in [0.15, 0.2) is 11.5 Å². The summed E-state index contributed by atoms with van der Waals surface area (Å²) < 4.78 is 4.05. The Balaban J connectivity index is 1.67. The van der Waals surface area contributed by atoms with Crippen molar-refractivity contribution in [3.63, 3.8) is 0 Å². The Hall–Kier alpha value is -2.55. The van der Waals surface area contributed by atoms with Gasteiger partial charge in [-0.3, -0.25) is 0 Å². The Morgan fingerprint density at radius 3 is 2.69 bits per heavy atom. The minimum absolute atomic E-state index is 0.619.